The molecule has 1 aromatic rings. The van der Waals surface area contributed by atoms with Gasteiger partial charge in [0.2, 0.25) is 0 Å². The summed E-state index contributed by atoms with van der Waals surface area (Å²) in [6.07, 6.45) is 1.96. The van der Waals surface area contributed by atoms with Crippen LogP contribution in [0.15, 0.2) is 11.2 Å². The molecule has 0 bridgehead atoms. The summed E-state index contributed by atoms with van der Waals surface area (Å²) in [5, 5.41) is 1.25. The number of rotatable bonds is 2. The molecule has 1 fully saturated rings. The van der Waals surface area contributed by atoms with E-state index in [1.54, 1.807) is 0 Å². The fourth-order valence-corrected chi connectivity index (χ4v) is 2.50. The maximum Gasteiger partial charge on any atom is 0.190 e. The zero-order valence-corrected chi connectivity index (χ0v) is 11.9. The predicted molar refractivity (Wildman–Crippen MR) is 73.1 cm³/mol. The lowest BCUT2D eigenvalue weighted by atomic mass is 10.2. The highest BCUT2D eigenvalue weighted by Gasteiger charge is 2.22. The van der Waals surface area contributed by atoms with E-state index in [1.807, 2.05) is 12.3 Å². The molecule has 0 N–H and O–H groups in total. The lowest BCUT2D eigenvalue weighted by Crippen LogP contribution is -2.50. The minimum absolute atomic E-state index is 0.519. The van der Waals surface area contributed by atoms with Crippen molar-refractivity contribution in [2.75, 3.05) is 37.8 Å². The first-order chi connectivity index (χ1) is 8.10. The van der Waals surface area contributed by atoms with E-state index in [0.717, 1.165) is 30.6 Å². The van der Waals surface area contributed by atoms with Crippen LogP contribution in [0.25, 0.3) is 0 Å². The second kappa shape index (κ2) is 5.42. The third-order valence-electron chi connectivity index (χ3n) is 3.13. The summed E-state index contributed by atoms with van der Waals surface area (Å²) in [5.74, 6) is 0.939. The number of thioether (sulfide) groups is 1. The van der Waals surface area contributed by atoms with Crippen LogP contribution in [-0.4, -0.2) is 53.8 Å². The molecule has 0 aliphatic carbocycles. The molecular weight excluding hydrogens is 256 g/mol. The molecular formula is C11H17ClN4S. The molecule has 2 heterocycles. The molecule has 1 aromatic heterocycles. The molecule has 0 amide bonds. The number of piperazine rings is 1. The molecule has 1 aliphatic heterocycles. The molecule has 6 heteroatoms. The van der Waals surface area contributed by atoms with Gasteiger partial charge in [0, 0.05) is 31.7 Å². The average Bonchev–Trinajstić information content (AvgIpc) is 2.32. The van der Waals surface area contributed by atoms with Crippen LogP contribution in [0.2, 0.25) is 5.15 Å². The summed E-state index contributed by atoms with van der Waals surface area (Å²) >= 11 is 7.53. The van der Waals surface area contributed by atoms with Gasteiger partial charge in [-0.1, -0.05) is 23.4 Å². The number of halogens is 1. The van der Waals surface area contributed by atoms with E-state index >= 15 is 0 Å². The van der Waals surface area contributed by atoms with E-state index in [9.17, 15) is 0 Å². The maximum atomic E-state index is 6.01. The Balaban J connectivity index is 2.19. The van der Waals surface area contributed by atoms with Crippen molar-refractivity contribution in [1.29, 1.82) is 0 Å². The number of aromatic nitrogens is 2. The molecule has 1 saturated heterocycles. The quantitative estimate of drug-likeness (QED) is 0.467. The standard InChI is InChI=1S/C11H17ClN4S/c1-8-7-16(5-4-15(8)2)10-6-9(12)13-11(14-10)17-3/h6,8H,4-5,7H2,1-3H3. The van der Waals surface area contributed by atoms with Crippen LogP contribution >= 0.6 is 23.4 Å². The van der Waals surface area contributed by atoms with Crippen molar-refractivity contribution in [2.45, 2.75) is 18.1 Å². The van der Waals surface area contributed by atoms with Gasteiger partial charge in [0.15, 0.2) is 5.16 Å². The number of hydrogen-bond acceptors (Lipinski definition) is 5. The Bertz CT molecular complexity index is 401. The van der Waals surface area contributed by atoms with Crippen LogP contribution in [0, 0.1) is 0 Å². The van der Waals surface area contributed by atoms with E-state index in [2.05, 4.69) is 33.7 Å². The zero-order valence-electron chi connectivity index (χ0n) is 10.4. The van der Waals surface area contributed by atoms with Gasteiger partial charge in [0.1, 0.15) is 11.0 Å². The number of anilines is 1. The molecule has 0 saturated carbocycles. The highest BCUT2D eigenvalue weighted by atomic mass is 35.5. The van der Waals surface area contributed by atoms with Gasteiger partial charge < -0.3 is 9.80 Å². The van der Waals surface area contributed by atoms with Crippen LogP contribution < -0.4 is 4.90 Å². The monoisotopic (exact) mass is 272 g/mol. The third kappa shape index (κ3) is 3.03. The van der Waals surface area contributed by atoms with Crippen molar-refractivity contribution in [3.63, 3.8) is 0 Å². The van der Waals surface area contributed by atoms with Crippen molar-refractivity contribution in [1.82, 2.24) is 14.9 Å². The second-order valence-electron chi connectivity index (χ2n) is 4.31. The van der Waals surface area contributed by atoms with E-state index < -0.39 is 0 Å². The Morgan fingerprint density at radius 3 is 2.82 bits per heavy atom. The summed E-state index contributed by atoms with van der Waals surface area (Å²) in [7, 11) is 2.16. The Kier molecular flexibility index (Phi) is 4.12. The normalized spacial score (nSPS) is 21.9. The average molecular weight is 273 g/mol. The Morgan fingerprint density at radius 1 is 1.41 bits per heavy atom. The van der Waals surface area contributed by atoms with Crippen LogP contribution in [-0.2, 0) is 0 Å². The summed E-state index contributed by atoms with van der Waals surface area (Å²) in [6, 6.07) is 2.38. The smallest absolute Gasteiger partial charge is 0.190 e. The van der Waals surface area contributed by atoms with Gasteiger partial charge in [-0.05, 0) is 20.2 Å². The Morgan fingerprint density at radius 2 is 2.18 bits per heavy atom. The molecule has 17 heavy (non-hydrogen) atoms. The Labute approximate surface area is 111 Å². The highest BCUT2D eigenvalue weighted by Crippen LogP contribution is 2.22. The van der Waals surface area contributed by atoms with Gasteiger partial charge in [-0.25, -0.2) is 9.97 Å². The van der Waals surface area contributed by atoms with Gasteiger partial charge in [0.25, 0.3) is 0 Å². The van der Waals surface area contributed by atoms with Gasteiger partial charge in [-0.15, -0.1) is 0 Å². The number of nitrogens with zero attached hydrogens (tertiary/aromatic N) is 4. The van der Waals surface area contributed by atoms with Gasteiger partial charge >= 0.3 is 0 Å². The predicted octanol–water partition coefficient (Wildman–Crippen LogP) is 1.99. The molecule has 1 unspecified atom stereocenters. The minimum Gasteiger partial charge on any atom is -0.354 e. The first-order valence-corrected chi connectivity index (χ1v) is 7.24. The third-order valence-corrected chi connectivity index (χ3v) is 3.87. The maximum absolute atomic E-state index is 6.01. The first-order valence-electron chi connectivity index (χ1n) is 5.64. The second-order valence-corrected chi connectivity index (χ2v) is 5.47. The SMILES string of the molecule is CSc1nc(Cl)cc(N2CCN(C)C(C)C2)n1. The lowest BCUT2D eigenvalue weighted by Gasteiger charge is -2.38. The van der Waals surface area contributed by atoms with E-state index in [4.69, 9.17) is 11.6 Å². The molecule has 4 nitrogen and oxygen atoms in total. The molecule has 0 spiro atoms. The number of likely N-dealkylation sites (N-methyl/N-ethyl adjacent to an activating group) is 1. The molecule has 0 aromatic carbocycles. The fourth-order valence-electron chi connectivity index (χ4n) is 1.90. The van der Waals surface area contributed by atoms with Crippen molar-refractivity contribution >= 4 is 29.2 Å². The largest absolute Gasteiger partial charge is 0.354 e. The molecule has 1 atom stereocenters. The van der Waals surface area contributed by atoms with E-state index in [1.165, 1.54) is 11.8 Å². The first kappa shape index (κ1) is 12.9. The molecule has 1 aliphatic rings. The molecule has 2 rings (SSSR count). The molecule has 0 radical (unpaired) electrons. The summed E-state index contributed by atoms with van der Waals surface area (Å²) in [5.41, 5.74) is 0. The Hall–Kier alpha value is -0.520. The summed E-state index contributed by atoms with van der Waals surface area (Å²) in [6.45, 7) is 5.25. The van der Waals surface area contributed by atoms with Crippen LogP contribution in [0.3, 0.4) is 0 Å². The van der Waals surface area contributed by atoms with Crippen molar-refractivity contribution in [2.24, 2.45) is 0 Å². The van der Waals surface area contributed by atoms with Crippen LogP contribution in [0.4, 0.5) is 5.82 Å². The summed E-state index contributed by atoms with van der Waals surface area (Å²) in [4.78, 5) is 13.3. The van der Waals surface area contributed by atoms with Crippen molar-refractivity contribution in [3.8, 4) is 0 Å². The fraction of sp³-hybridized carbons (Fsp3) is 0.636. The summed E-state index contributed by atoms with van der Waals surface area (Å²) < 4.78 is 0. The van der Waals surface area contributed by atoms with Gasteiger partial charge in [0.05, 0.1) is 0 Å². The zero-order chi connectivity index (χ0) is 12.4. The topological polar surface area (TPSA) is 32.3 Å². The highest BCUT2D eigenvalue weighted by molar-refractivity contribution is 7.98. The van der Waals surface area contributed by atoms with Crippen molar-refractivity contribution in [3.05, 3.63) is 11.2 Å². The van der Waals surface area contributed by atoms with E-state index in [-0.39, 0.29) is 0 Å². The van der Waals surface area contributed by atoms with Gasteiger partial charge in [-0.3, -0.25) is 0 Å². The van der Waals surface area contributed by atoms with Crippen LogP contribution in [0.5, 0.6) is 0 Å². The van der Waals surface area contributed by atoms with E-state index in [0.29, 0.717) is 11.2 Å². The lowest BCUT2D eigenvalue weighted by molar-refractivity contribution is 0.233. The molecule has 94 valence electrons. The van der Waals surface area contributed by atoms with Crippen molar-refractivity contribution < 1.29 is 0 Å². The van der Waals surface area contributed by atoms with Crippen LogP contribution in [0.1, 0.15) is 6.92 Å². The minimum atomic E-state index is 0.519. The van der Waals surface area contributed by atoms with Gasteiger partial charge in [-0.2, -0.15) is 0 Å². The number of hydrogen-bond donors (Lipinski definition) is 0.